The predicted octanol–water partition coefficient (Wildman–Crippen LogP) is 1.89. The average molecular weight is 358 g/mol. The van der Waals surface area contributed by atoms with Gasteiger partial charge in [0.1, 0.15) is 6.04 Å². The van der Waals surface area contributed by atoms with E-state index in [0.717, 1.165) is 12.8 Å². The molecule has 0 saturated carbocycles. The molecule has 1 aromatic rings. The lowest BCUT2D eigenvalue weighted by molar-refractivity contribution is -0.146. The molecule has 2 saturated heterocycles. The molecule has 3 rings (SSSR count). The SMILES string of the molecule is O=C(CCCC(=O)N1CCC[C@@H]1C(=O)N1CCOCC1)c1ccccc1. The van der Waals surface area contributed by atoms with E-state index in [-0.39, 0.29) is 23.6 Å². The van der Waals surface area contributed by atoms with Crippen molar-refractivity contribution in [3.8, 4) is 0 Å². The third-order valence-corrected chi connectivity index (χ3v) is 5.07. The number of carbonyl (C=O) groups excluding carboxylic acids is 3. The maximum absolute atomic E-state index is 12.7. The zero-order chi connectivity index (χ0) is 18.4. The predicted molar refractivity (Wildman–Crippen MR) is 96.8 cm³/mol. The highest BCUT2D eigenvalue weighted by atomic mass is 16.5. The Morgan fingerprint density at radius 3 is 2.46 bits per heavy atom. The van der Waals surface area contributed by atoms with Gasteiger partial charge in [0.15, 0.2) is 5.78 Å². The van der Waals surface area contributed by atoms with Crippen molar-refractivity contribution in [1.82, 2.24) is 9.80 Å². The summed E-state index contributed by atoms with van der Waals surface area (Å²) in [5.74, 6) is 0.0789. The summed E-state index contributed by atoms with van der Waals surface area (Å²) < 4.78 is 5.29. The summed E-state index contributed by atoms with van der Waals surface area (Å²) in [5, 5.41) is 0. The van der Waals surface area contributed by atoms with E-state index in [0.29, 0.717) is 57.7 Å². The Balaban J connectivity index is 1.48. The van der Waals surface area contributed by atoms with Crippen molar-refractivity contribution >= 4 is 17.6 Å². The second kappa shape index (κ2) is 8.94. The summed E-state index contributed by atoms with van der Waals surface area (Å²) in [5.41, 5.74) is 0.682. The minimum absolute atomic E-state index is 0.0185. The Hall–Kier alpha value is -2.21. The molecule has 0 aliphatic carbocycles. The van der Waals surface area contributed by atoms with Crippen LogP contribution in [0.1, 0.15) is 42.5 Å². The van der Waals surface area contributed by atoms with Gasteiger partial charge in [0.2, 0.25) is 11.8 Å². The number of benzene rings is 1. The summed E-state index contributed by atoms with van der Waals surface area (Å²) in [7, 11) is 0. The van der Waals surface area contributed by atoms with Gasteiger partial charge >= 0.3 is 0 Å². The Bertz CT molecular complexity index is 640. The summed E-state index contributed by atoms with van der Waals surface area (Å²) in [6.07, 6.45) is 2.76. The van der Waals surface area contributed by atoms with Crippen molar-refractivity contribution in [2.45, 2.75) is 38.1 Å². The summed E-state index contributed by atoms with van der Waals surface area (Å²) >= 11 is 0. The van der Waals surface area contributed by atoms with E-state index in [1.807, 2.05) is 18.2 Å². The zero-order valence-electron chi connectivity index (χ0n) is 15.1. The molecule has 2 heterocycles. The number of ketones is 1. The van der Waals surface area contributed by atoms with Crippen LogP contribution < -0.4 is 0 Å². The van der Waals surface area contributed by atoms with Crippen LogP contribution in [0.5, 0.6) is 0 Å². The van der Waals surface area contributed by atoms with Crippen molar-refractivity contribution in [3.63, 3.8) is 0 Å². The van der Waals surface area contributed by atoms with E-state index in [2.05, 4.69) is 0 Å². The van der Waals surface area contributed by atoms with Gasteiger partial charge in [-0.15, -0.1) is 0 Å². The number of hydrogen-bond acceptors (Lipinski definition) is 4. The van der Waals surface area contributed by atoms with Crippen LogP contribution in [-0.4, -0.2) is 66.3 Å². The Morgan fingerprint density at radius 1 is 1.00 bits per heavy atom. The van der Waals surface area contributed by atoms with Crippen LogP contribution in [0.4, 0.5) is 0 Å². The van der Waals surface area contributed by atoms with Crippen LogP contribution in [0.3, 0.4) is 0 Å². The Labute approximate surface area is 154 Å². The van der Waals surface area contributed by atoms with E-state index >= 15 is 0 Å². The second-order valence-corrected chi connectivity index (χ2v) is 6.83. The summed E-state index contributed by atoms with van der Waals surface area (Å²) in [6.45, 7) is 2.96. The first kappa shape index (κ1) is 18.6. The maximum atomic E-state index is 12.7. The third kappa shape index (κ3) is 4.49. The van der Waals surface area contributed by atoms with E-state index in [1.54, 1.807) is 21.9 Å². The molecule has 2 amide bonds. The van der Waals surface area contributed by atoms with E-state index in [9.17, 15) is 14.4 Å². The number of likely N-dealkylation sites (tertiary alicyclic amines) is 1. The van der Waals surface area contributed by atoms with Gasteiger partial charge in [-0.05, 0) is 19.3 Å². The van der Waals surface area contributed by atoms with E-state index < -0.39 is 0 Å². The lowest BCUT2D eigenvalue weighted by Crippen LogP contribution is -2.51. The zero-order valence-corrected chi connectivity index (χ0v) is 15.1. The summed E-state index contributed by atoms with van der Waals surface area (Å²) in [4.78, 5) is 40.9. The van der Waals surface area contributed by atoms with Gasteiger partial charge in [0.25, 0.3) is 0 Å². The van der Waals surface area contributed by atoms with Gasteiger partial charge < -0.3 is 14.5 Å². The lowest BCUT2D eigenvalue weighted by atomic mass is 10.1. The molecule has 1 atom stereocenters. The Kier molecular flexibility index (Phi) is 6.39. The van der Waals surface area contributed by atoms with Crippen molar-refractivity contribution < 1.29 is 19.1 Å². The number of hydrogen-bond donors (Lipinski definition) is 0. The van der Waals surface area contributed by atoms with Crippen LogP contribution >= 0.6 is 0 Å². The maximum Gasteiger partial charge on any atom is 0.245 e. The lowest BCUT2D eigenvalue weighted by Gasteiger charge is -2.32. The average Bonchev–Trinajstić information content (AvgIpc) is 3.18. The van der Waals surface area contributed by atoms with Crippen LogP contribution in [0.25, 0.3) is 0 Å². The van der Waals surface area contributed by atoms with Gasteiger partial charge in [-0.25, -0.2) is 0 Å². The molecular weight excluding hydrogens is 332 g/mol. The van der Waals surface area contributed by atoms with Crippen molar-refractivity contribution in [1.29, 1.82) is 0 Å². The number of rotatable bonds is 6. The Morgan fingerprint density at radius 2 is 1.73 bits per heavy atom. The fourth-order valence-electron chi connectivity index (χ4n) is 3.63. The van der Waals surface area contributed by atoms with E-state index in [1.165, 1.54) is 0 Å². The molecule has 1 aromatic carbocycles. The molecule has 0 unspecified atom stereocenters. The topological polar surface area (TPSA) is 66.9 Å². The molecule has 0 spiro atoms. The van der Waals surface area contributed by atoms with Crippen LogP contribution in [0, 0.1) is 0 Å². The highest BCUT2D eigenvalue weighted by Crippen LogP contribution is 2.22. The first-order chi connectivity index (χ1) is 12.7. The molecule has 140 valence electrons. The summed E-state index contributed by atoms with van der Waals surface area (Å²) in [6, 6.07) is 8.79. The van der Waals surface area contributed by atoms with E-state index in [4.69, 9.17) is 4.74 Å². The molecule has 6 heteroatoms. The van der Waals surface area contributed by atoms with Crippen molar-refractivity contribution in [2.24, 2.45) is 0 Å². The number of nitrogens with zero attached hydrogens (tertiary/aromatic N) is 2. The largest absolute Gasteiger partial charge is 0.378 e. The number of amides is 2. The normalized spacial score (nSPS) is 20.2. The minimum Gasteiger partial charge on any atom is -0.378 e. The number of carbonyl (C=O) groups is 3. The molecule has 2 fully saturated rings. The molecule has 0 bridgehead atoms. The monoisotopic (exact) mass is 358 g/mol. The van der Waals surface area contributed by atoms with Gasteiger partial charge in [0.05, 0.1) is 13.2 Å². The minimum atomic E-state index is -0.342. The van der Waals surface area contributed by atoms with Gasteiger partial charge in [-0.1, -0.05) is 30.3 Å². The van der Waals surface area contributed by atoms with Gasteiger partial charge in [-0.2, -0.15) is 0 Å². The smallest absolute Gasteiger partial charge is 0.245 e. The highest BCUT2D eigenvalue weighted by molar-refractivity contribution is 5.96. The van der Waals surface area contributed by atoms with Crippen LogP contribution in [0.2, 0.25) is 0 Å². The van der Waals surface area contributed by atoms with Crippen molar-refractivity contribution in [3.05, 3.63) is 35.9 Å². The fourth-order valence-corrected chi connectivity index (χ4v) is 3.63. The molecule has 6 nitrogen and oxygen atoms in total. The molecular formula is C20H26N2O4. The first-order valence-electron chi connectivity index (χ1n) is 9.41. The van der Waals surface area contributed by atoms with Crippen LogP contribution in [-0.2, 0) is 14.3 Å². The number of ether oxygens (including phenoxy) is 1. The second-order valence-electron chi connectivity index (χ2n) is 6.83. The number of Topliss-reactive ketones (excluding diaryl/α,β-unsaturated/α-hetero) is 1. The molecule has 0 aromatic heterocycles. The van der Waals surface area contributed by atoms with Gasteiger partial charge in [-0.3, -0.25) is 14.4 Å². The third-order valence-electron chi connectivity index (χ3n) is 5.07. The molecule has 0 N–H and O–H groups in total. The quantitative estimate of drug-likeness (QED) is 0.729. The molecule has 26 heavy (non-hydrogen) atoms. The molecule has 0 radical (unpaired) electrons. The number of morpholine rings is 1. The molecule has 2 aliphatic rings. The fraction of sp³-hybridized carbons (Fsp3) is 0.550. The highest BCUT2D eigenvalue weighted by Gasteiger charge is 2.36. The van der Waals surface area contributed by atoms with Crippen LogP contribution in [0.15, 0.2) is 30.3 Å². The molecule has 2 aliphatic heterocycles. The van der Waals surface area contributed by atoms with Crippen molar-refractivity contribution in [2.75, 3.05) is 32.8 Å². The standard InChI is InChI=1S/C20H26N2O4/c23-18(16-6-2-1-3-7-16)9-4-10-19(24)22-11-5-8-17(22)20(25)21-12-14-26-15-13-21/h1-3,6-7,17H,4-5,8-15H2/t17-/m1/s1. The first-order valence-corrected chi connectivity index (χ1v) is 9.41. The van der Waals surface area contributed by atoms with Gasteiger partial charge in [0, 0.05) is 38.0 Å².